The topological polar surface area (TPSA) is 63.7 Å². The third-order valence-corrected chi connectivity index (χ3v) is 5.06. The monoisotopic (exact) mass is 405 g/mol. The highest BCUT2D eigenvalue weighted by Gasteiger charge is 2.16. The Balaban J connectivity index is 1.58. The van der Waals surface area contributed by atoms with Crippen LogP contribution in [-0.4, -0.2) is 26.1 Å². The number of hydrogen-bond acceptors (Lipinski definition) is 3. The van der Waals surface area contributed by atoms with Crippen LogP contribution in [0.3, 0.4) is 0 Å². The number of fused-ring (bicyclic) bond motifs is 1. The summed E-state index contributed by atoms with van der Waals surface area (Å²) in [4.78, 5) is 17.0. The molecule has 4 rings (SSSR count). The predicted molar refractivity (Wildman–Crippen MR) is 115 cm³/mol. The summed E-state index contributed by atoms with van der Waals surface area (Å²) in [6, 6.07) is 15.3. The molecule has 0 bridgehead atoms. The first-order valence-corrected chi connectivity index (χ1v) is 9.55. The summed E-state index contributed by atoms with van der Waals surface area (Å²) in [6.07, 6.45) is 3.46. The lowest BCUT2D eigenvalue weighted by atomic mass is 10.2. The van der Waals surface area contributed by atoms with Gasteiger partial charge in [-0.15, -0.1) is 0 Å². The van der Waals surface area contributed by atoms with E-state index in [1.807, 2.05) is 75.5 Å². The van der Waals surface area contributed by atoms with E-state index in [1.54, 1.807) is 10.6 Å². The molecule has 6 nitrogen and oxygen atoms in total. The molecule has 29 heavy (non-hydrogen) atoms. The molecule has 0 unspecified atom stereocenters. The SMILES string of the molecule is Cc1nc2ccccn2c1C(=O)N/N=C\c1cc(C)n(-c2cccc(Cl)c2)c1C. The summed E-state index contributed by atoms with van der Waals surface area (Å²) in [7, 11) is 0. The van der Waals surface area contributed by atoms with Crippen molar-refractivity contribution < 1.29 is 4.79 Å². The summed E-state index contributed by atoms with van der Waals surface area (Å²) in [5.41, 5.74) is 8.42. The fraction of sp³-hybridized carbons (Fsp3) is 0.136. The molecule has 0 saturated carbocycles. The van der Waals surface area contributed by atoms with Gasteiger partial charge in [0.15, 0.2) is 0 Å². The van der Waals surface area contributed by atoms with E-state index < -0.39 is 0 Å². The average molecular weight is 406 g/mol. The number of hydrogen-bond donors (Lipinski definition) is 1. The van der Waals surface area contributed by atoms with Crippen molar-refractivity contribution in [1.29, 1.82) is 0 Å². The molecule has 3 heterocycles. The van der Waals surface area contributed by atoms with Crippen LogP contribution in [0, 0.1) is 20.8 Å². The Bertz CT molecular complexity index is 1250. The van der Waals surface area contributed by atoms with Crippen molar-refractivity contribution in [2.45, 2.75) is 20.8 Å². The Morgan fingerprint density at radius 1 is 1.14 bits per heavy atom. The summed E-state index contributed by atoms with van der Waals surface area (Å²) in [5.74, 6) is -0.305. The fourth-order valence-corrected chi connectivity index (χ4v) is 3.72. The van der Waals surface area contributed by atoms with Crippen LogP contribution in [0.2, 0.25) is 5.02 Å². The number of nitrogens with zero attached hydrogens (tertiary/aromatic N) is 4. The third kappa shape index (κ3) is 3.54. The first-order chi connectivity index (χ1) is 14.0. The maximum Gasteiger partial charge on any atom is 0.290 e. The van der Waals surface area contributed by atoms with E-state index in [9.17, 15) is 4.79 Å². The minimum absolute atomic E-state index is 0.305. The van der Waals surface area contributed by atoms with Gasteiger partial charge in [-0.25, -0.2) is 10.4 Å². The van der Waals surface area contributed by atoms with Gasteiger partial charge in [0.2, 0.25) is 0 Å². The second-order valence-electron chi connectivity index (χ2n) is 6.82. The number of aromatic nitrogens is 3. The number of halogens is 1. The molecule has 1 aromatic carbocycles. The van der Waals surface area contributed by atoms with E-state index in [2.05, 4.69) is 20.1 Å². The van der Waals surface area contributed by atoms with Crippen molar-refractivity contribution in [3.63, 3.8) is 0 Å². The number of benzene rings is 1. The van der Waals surface area contributed by atoms with E-state index in [0.29, 0.717) is 16.4 Å². The first-order valence-electron chi connectivity index (χ1n) is 9.17. The van der Waals surface area contributed by atoms with Gasteiger partial charge in [-0.1, -0.05) is 23.7 Å². The zero-order chi connectivity index (χ0) is 20.5. The lowest BCUT2D eigenvalue weighted by Gasteiger charge is -2.09. The molecular formula is C22H20ClN5O. The van der Waals surface area contributed by atoms with Gasteiger partial charge in [-0.2, -0.15) is 5.10 Å². The average Bonchev–Trinajstić information content (AvgIpc) is 3.16. The lowest BCUT2D eigenvalue weighted by molar-refractivity contribution is 0.0948. The minimum atomic E-state index is -0.305. The number of amides is 1. The number of carbonyl (C=O) groups is 1. The highest BCUT2D eigenvalue weighted by molar-refractivity contribution is 6.30. The quantitative estimate of drug-likeness (QED) is 0.402. The van der Waals surface area contributed by atoms with Crippen molar-refractivity contribution in [2.24, 2.45) is 5.10 Å². The number of aryl methyl sites for hydroxylation is 2. The van der Waals surface area contributed by atoms with Crippen molar-refractivity contribution in [1.82, 2.24) is 19.4 Å². The molecule has 0 spiro atoms. The van der Waals surface area contributed by atoms with Crippen LogP contribution in [0.4, 0.5) is 0 Å². The number of rotatable bonds is 4. The van der Waals surface area contributed by atoms with Crippen LogP contribution in [0.5, 0.6) is 0 Å². The number of nitrogens with one attached hydrogen (secondary N) is 1. The highest BCUT2D eigenvalue weighted by atomic mass is 35.5. The zero-order valence-electron chi connectivity index (χ0n) is 16.3. The molecule has 1 amide bonds. The highest BCUT2D eigenvalue weighted by Crippen LogP contribution is 2.22. The molecule has 0 fully saturated rings. The number of pyridine rings is 1. The van der Waals surface area contributed by atoms with Crippen LogP contribution in [0.25, 0.3) is 11.3 Å². The van der Waals surface area contributed by atoms with Gasteiger partial charge in [0.25, 0.3) is 5.91 Å². The Labute approximate surface area is 173 Å². The Hall–Kier alpha value is -3.38. The molecule has 0 saturated heterocycles. The van der Waals surface area contributed by atoms with Gasteiger partial charge in [0.1, 0.15) is 11.3 Å². The number of hydrazone groups is 1. The summed E-state index contributed by atoms with van der Waals surface area (Å²) in [5, 5.41) is 4.85. The number of carbonyl (C=O) groups excluding carboxylic acids is 1. The van der Waals surface area contributed by atoms with E-state index in [1.165, 1.54) is 0 Å². The minimum Gasteiger partial charge on any atom is -0.318 e. The predicted octanol–water partition coefficient (Wildman–Crippen LogP) is 4.47. The van der Waals surface area contributed by atoms with E-state index in [0.717, 1.165) is 28.3 Å². The van der Waals surface area contributed by atoms with E-state index in [4.69, 9.17) is 11.6 Å². The maximum atomic E-state index is 12.6. The van der Waals surface area contributed by atoms with Crippen molar-refractivity contribution >= 4 is 29.4 Å². The van der Waals surface area contributed by atoms with E-state index in [-0.39, 0.29) is 5.91 Å². The molecule has 0 atom stereocenters. The molecule has 3 aromatic heterocycles. The molecule has 0 aliphatic rings. The lowest BCUT2D eigenvalue weighted by Crippen LogP contribution is -2.20. The van der Waals surface area contributed by atoms with Gasteiger partial charge in [-0.05, 0) is 57.2 Å². The van der Waals surface area contributed by atoms with Crippen LogP contribution in [-0.2, 0) is 0 Å². The normalized spacial score (nSPS) is 11.4. The van der Waals surface area contributed by atoms with Crippen molar-refractivity contribution in [2.75, 3.05) is 0 Å². The van der Waals surface area contributed by atoms with Crippen LogP contribution < -0.4 is 5.43 Å². The van der Waals surface area contributed by atoms with Crippen LogP contribution in [0.1, 0.15) is 33.1 Å². The van der Waals surface area contributed by atoms with Crippen LogP contribution >= 0.6 is 11.6 Å². The summed E-state index contributed by atoms with van der Waals surface area (Å²) >= 11 is 6.13. The molecular weight excluding hydrogens is 386 g/mol. The van der Waals surface area contributed by atoms with Gasteiger partial charge in [0.05, 0.1) is 11.9 Å². The summed E-state index contributed by atoms with van der Waals surface area (Å²) in [6.45, 7) is 5.83. The largest absolute Gasteiger partial charge is 0.318 e. The molecule has 7 heteroatoms. The smallest absolute Gasteiger partial charge is 0.290 e. The van der Waals surface area contributed by atoms with Crippen molar-refractivity contribution in [3.8, 4) is 5.69 Å². The second kappa shape index (κ2) is 7.56. The van der Waals surface area contributed by atoms with Gasteiger partial charge < -0.3 is 4.57 Å². The Morgan fingerprint density at radius 2 is 1.97 bits per heavy atom. The number of imidazole rings is 1. The zero-order valence-corrected chi connectivity index (χ0v) is 17.1. The second-order valence-corrected chi connectivity index (χ2v) is 7.25. The Kier molecular flexibility index (Phi) is 4.94. The van der Waals surface area contributed by atoms with Gasteiger partial charge in [-0.3, -0.25) is 9.20 Å². The van der Waals surface area contributed by atoms with Crippen LogP contribution in [0.15, 0.2) is 59.8 Å². The maximum absolute atomic E-state index is 12.6. The fourth-order valence-electron chi connectivity index (χ4n) is 3.53. The Morgan fingerprint density at radius 3 is 2.76 bits per heavy atom. The third-order valence-electron chi connectivity index (χ3n) is 4.83. The molecule has 0 aliphatic heterocycles. The van der Waals surface area contributed by atoms with Crippen molar-refractivity contribution in [3.05, 3.63) is 88.1 Å². The summed E-state index contributed by atoms with van der Waals surface area (Å²) < 4.78 is 3.86. The first kappa shape index (κ1) is 19.0. The standard InChI is InChI=1S/C22H20ClN5O/c1-14-11-17(16(3)28(14)19-8-6-7-18(23)12-19)13-24-26-22(29)21-15(2)25-20-9-4-5-10-27(20)21/h4-13H,1-3H3,(H,26,29)/b24-13-. The van der Waals surface area contributed by atoms with Gasteiger partial charge in [0, 0.05) is 33.9 Å². The van der Waals surface area contributed by atoms with E-state index >= 15 is 0 Å². The molecule has 0 radical (unpaired) electrons. The molecule has 1 N–H and O–H groups in total. The molecule has 146 valence electrons. The molecule has 4 aromatic rings. The van der Waals surface area contributed by atoms with Gasteiger partial charge >= 0.3 is 0 Å². The molecule has 0 aliphatic carbocycles.